The van der Waals surface area contributed by atoms with Gasteiger partial charge in [0.15, 0.2) is 0 Å². The van der Waals surface area contributed by atoms with E-state index in [0.717, 1.165) is 34.3 Å². The smallest absolute Gasteiger partial charge is 0.253 e. The third kappa shape index (κ3) is 3.51. The largest absolute Gasteiger partial charge is 0.326 e. The molecule has 4 aromatic rings. The van der Waals surface area contributed by atoms with Crippen molar-refractivity contribution >= 4 is 34.5 Å². The maximum Gasteiger partial charge on any atom is 0.253 e. The first-order valence-corrected chi connectivity index (χ1v) is 10.7. The summed E-state index contributed by atoms with van der Waals surface area (Å²) in [7, 11) is 0. The van der Waals surface area contributed by atoms with Crippen LogP contribution in [0.1, 0.15) is 30.5 Å². The van der Waals surface area contributed by atoms with Gasteiger partial charge in [0.2, 0.25) is 11.9 Å². The van der Waals surface area contributed by atoms with Crippen LogP contribution in [0.4, 0.5) is 11.6 Å². The fraction of sp³-hybridized carbons (Fsp3) is 0.200. The summed E-state index contributed by atoms with van der Waals surface area (Å²) in [6.07, 6.45) is 4.29. The summed E-state index contributed by atoms with van der Waals surface area (Å²) in [6, 6.07) is 18.5. The first-order valence-electron chi connectivity index (χ1n) is 10.7. The van der Waals surface area contributed by atoms with Crippen molar-refractivity contribution in [2.75, 3.05) is 10.2 Å². The standard InChI is InChI=1S/C25H23N5O2/c1-2-18-9-3-4-10-19(18)27-23(31)14-22-24(32)29(16-17-8-7-13-26-15-17)25-28-20-11-5-6-12-21(20)30(22)25/h3-13,15,22H,2,14,16H2,1H3,(H,27,31)/t22-/m0/s1. The van der Waals surface area contributed by atoms with Gasteiger partial charge in [-0.3, -0.25) is 24.0 Å². The monoisotopic (exact) mass is 425 g/mol. The van der Waals surface area contributed by atoms with E-state index in [1.165, 1.54) is 0 Å². The number of hydrogen-bond donors (Lipinski definition) is 1. The molecule has 7 heteroatoms. The number of aromatic nitrogens is 3. The average Bonchev–Trinajstić information content (AvgIpc) is 3.31. The van der Waals surface area contributed by atoms with Gasteiger partial charge in [-0.1, -0.05) is 43.3 Å². The number of nitrogens with one attached hydrogen (secondary N) is 1. The molecule has 1 aliphatic rings. The Morgan fingerprint density at radius 3 is 2.69 bits per heavy atom. The van der Waals surface area contributed by atoms with Crippen molar-refractivity contribution in [1.82, 2.24) is 14.5 Å². The Morgan fingerprint density at radius 1 is 1.06 bits per heavy atom. The Kier molecular flexibility index (Phi) is 5.15. The minimum Gasteiger partial charge on any atom is -0.326 e. The van der Waals surface area contributed by atoms with Gasteiger partial charge in [0.25, 0.3) is 5.91 Å². The van der Waals surface area contributed by atoms with Crippen molar-refractivity contribution in [3.05, 3.63) is 84.2 Å². The SMILES string of the molecule is CCc1ccccc1NC(=O)C[C@H]1C(=O)N(Cc2cccnc2)c2nc3ccccc3n21. The van der Waals surface area contributed by atoms with Crippen LogP contribution in [0, 0.1) is 0 Å². The minimum absolute atomic E-state index is 0.0355. The van der Waals surface area contributed by atoms with E-state index in [9.17, 15) is 9.59 Å². The molecule has 1 atom stereocenters. The molecule has 0 aliphatic carbocycles. The molecule has 1 aliphatic heterocycles. The molecule has 5 rings (SSSR count). The first kappa shape index (κ1) is 19.9. The van der Waals surface area contributed by atoms with Gasteiger partial charge in [-0.15, -0.1) is 0 Å². The summed E-state index contributed by atoms with van der Waals surface area (Å²) in [5.41, 5.74) is 4.39. The van der Waals surface area contributed by atoms with Gasteiger partial charge >= 0.3 is 0 Å². The summed E-state index contributed by atoms with van der Waals surface area (Å²) in [5, 5.41) is 2.99. The molecule has 0 unspecified atom stereocenters. The topological polar surface area (TPSA) is 80.1 Å². The molecule has 3 heterocycles. The molecule has 32 heavy (non-hydrogen) atoms. The minimum atomic E-state index is -0.650. The van der Waals surface area contributed by atoms with Crippen molar-refractivity contribution in [3.63, 3.8) is 0 Å². The normalized spacial score (nSPS) is 15.2. The van der Waals surface area contributed by atoms with E-state index in [-0.39, 0.29) is 18.2 Å². The van der Waals surface area contributed by atoms with Gasteiger partial charge in [0.1, 0.15) is 6.04 Å². The van der Waals surface area contributed by atoms with Gasteiger partial charge in [0, 0.05) is 18.1 Å². The maximum absolute atomic E-state index is 13.4. The zero-order valence-corrected chi connectivity index (χ0v) is 17.7. The van der Waals surface area contributed by atoms with Crippen molar-refractivity contribution in [2.24, 2.45) is 0 Å². The lowest BCUT2D eigenvalue weighted by Gasteiger charge is -2.16. The van der Waals surface area contributed by atoms with Crippen LogP contribution in [-0.2, 0) is 22.6 Å². The quantitative estimate of drug-likeness (QED) is 0.504. The number of carbonyl (C=O) groups excluding carboxylic acids is 2. The molecule has 7 nitrogen and oxygen atoms in total. The number of imidazole rings is 1. The highest BCUT2D eigenvalue weighted by atomic mass is 16.2. The summed E-state index contributed by atoms with van der Waals surface area (Å²) in [5.74, 6) is 0.226. The number of hydrogen-bond acceptors (Lipinski definition) is 4. The molecular weight excluding hydrogens is 402 g/mol. The zero-order valence-electron chi connectivity index (χ0n) is 17.7. The van der Waals surface area contributed by atoms with E-state index in [2.05, 4.69) is 10.3 Å². The third-order valence-electron chi connectivity index (χ3n) is 5.80. The van der Waals surface area contributed by atoms with Crippen LogP contribution in [0.2, 0.25) is 0 Å². The summed E-state index contributed by atoms with van der Waals surface area (Å²) in [4.78, 5) is 36.9. The van der Waals surface area contributed by atoms with Gasteiger partial charge in [-0.05, 0) is 41.8 Å². The molecule has 160 valence electrons. The second-order valence-electron chi connectivity index (χ2n) is 7.83. The number of pyridine rings is 1. The number of fused-ring (bicyclic) bond motifs is 3. The molecule has 0 bridgehead atoms. The van der Waals surface area contributed by atoms with Crippen LogP contribution in [0.15, 0.2) is 73.1 Å². The Morgan fingerprint density at radius 2 is 1.88 bits per heavy atom. The number of rotatable bonds is 6. The van der Waals surface area contributed by atoms with Crippen molar-refractivity contribution < 1.29 is 9.59 Å². The van der Waals surface area contributed by atoms with Crippen molar-refractivity contribution in [2.45, 2.75) is 32.4 Å². The second-order valence-corrected chi connectivity index (χ2v) is 7.83. The first-order chi connectivity index (χ1) is 15.7. The summed E-state index contributed by atoms with van der Waals surface area (Å²) < 4.78 is 1.89. The molecular formula is C25H23N5O2. The third-order valence-corrected chi connectivity index (χ3v) is 5.80. The Bertz CT molecular complexity index is 1300. The van der Waals surface area contributed by atoms with E-state index in [0.29, 0.717) is 12.5 Å². The van der Waals surface area contributed by atoms with Crippen LogP contribution >= 0.6 is 0 Å². The predicted octanol–water partition coefficient (Wildman–Crippen LogP) is 4.11. The van der Waals surface area contributed by atoms with E-state index in [1.807, 2.05) is 72.2 Å². The highest BCUT2D eigenvalue weighted by Gasteiger charge is 2.40. The molecule has 1 N–H and O–H groups in total. The van der Waals surface area contributed by atoms with Crippen LogP contribution < -0.4 is 10.2 Å². The number of carbonyl (C=O) groups is 2. The molecule has 2 aromatic heterocycles. The van der Waals surface area contributed by atoms with Gasteiger partial charge < -0.3 is 5.32 Å². The second kappa shape index (κ2) is 8.26. The molecule has 0 saturated carbocycles. The number of anilines is 2. The van der Waals surface area contributed by atoms with Gasteiger partial charge in [0.05, 0.1) is 24.0 Å². The molecule has 0 spiro atoms. The predicted molar refractivity (Wildman–Crippen MR) is 123 cm³/mol. The highest BCUT2D eigenvalue weighted by Crippen LogP contribution is 2.37. The molecule has 0 radical (unpaired) electrons. The molecule has 0 saturated heterocycles. The van der Waals surface area contributed by atoms with Crippen LogP contribution in [0.3, 0.4) is 0 Å². The molecule has 2 amide bonds. The number of benzene rings is 2. The van der Waals surface area contributed by atoms with Gasteiger partial charge in [-0.2, -0.15) is 0 Å². The number of aryl methyl sites for hydroxylation is 1. The van der Waals surface area contributed by atoms with E-state index >= 15 is 0 Å². The number of amides is 2. The molecule has 0 fully saturated rings. The lowest BCUT2D eigenvalue weighted by atomic mass is 10.1. The zero-order chi connectivity index (χ0) is 22.1. The lowest BCUT2D eigenvalue weighted by Crippen LogP contribution is -2.31. The fourth-order valence-corrected chi connectivity index (χ4v) is 4.25. The lowest BCUT2D eigenvalue weighted by molar-refractivity contribution is -0.124. The summed E-state index contributed by atoms with van der Waals surface area (Å²) in [6.45, 7) is 2.40. The maximum atomic E-state index is 13.4. The van der Waals surface area contributed by atoms with Crippen LogP contribution in [0.25, 0.3) is 11.0 Å². The number of para-hydroxylation sites is 3. The Labute approximate surface area is 185 Å². The van der Waals surface area contributed by atoms with Crippen LogP contribution in [-0.4, -0.2) is 26.3 Å². The number of nitrogens with zero attached hydrogens (tertiary/aromatic N) is 4. The Balaban J connectivity index is 1.47. The fourth-order valence-electron chi connectivity index (χ4n) is 4.25. The van der Waals surface area contributed by atoms with Gasteiger partial charge in [-0.25, -0.2) is 4.98 Å². The molecule has 2 aromatic carbocycles. The summed E-state index contributed by atoms with van der Waals surface area (Å²) >= 11 is 0. The van der Waals surface area contributed by atoms with Crippen molar-refractivity contribution in [3.8, 4) is 0 Å². The van der Waals surface area contributed by atoms with Crippen molar-refractivity contribution in [1.29, 1.82) is 0 Å². The highest BCUT2D eigenvalue weighted by molar-refractivity contribution is 6.05. The van der Waals surface area contributed by atoms with Crippen LogP contribution in [0.5, 0.6) is 0 Å². The van der Waals surface area contributed by atoms with E-state index in [1.54, 1.807) is 17.3 Å². The van der Waals surface area contributed by atoms with E-state index < -0.39 is 6.04 Å². The Hall–Kier alpha value is -4.00. The van der Waals surface area contributed by atoms with E-state index in [4.69, 9.17) is 4.98 Å². The average molecular weight is 425 g/mol.